The second-order valence-electron chi connectivity index (χ2n) is 5.38. The van der Waals surface area contributed by atoms with Crippen molar-refractivity contribution in [3.05, 3.63) is 59.2 Å². The highest BCUT2D eigenvalue weighted by molar-refractivity contribution is 5.54. The standard InChI is InChI=1S/C18H19NO3/c1-21-17-9-14-8-16(13-6-4-3-5-7-13)19(12-20)11-15(14)10-18(17)22-2/h3-7,9-10,12,16H,8,11H2,1-2H3. The summed E-state index contributed by atoms with van der Waals surface area (Å²) in [4.78, 5) is 13.3. The van der Waals surface area contributed by atoms with Crippen molar-refractivity contribution >= 4 is 6.41 Å². The number of amides is 1. The summed E-state index contributed by atoms with van der Waals surface area (Å²) < 4.78 is 10.7. The molecule has 0 saturated carbocycles. The third-order valence-electron chi connectivity index (χ3n) is 4.19. The van der Waals surface area contributed by atoms with Crippen LogP contribution in [0.4, 0.5) is 0 Å². The molecule has 1 heterocycles. The summed E-state index contributed by atoms with van der Waals surface area (Å²) in [5.74, 6) is 1.43. The first-order valence-electron chi connectivity index (χ1n) is 7.26. The maximum absolute atomic E-state index is 11.5. The predicted molar refractivity (Wildman–Crippen MR) is 84.0 cm³/mol. The van der Waals surface area contributed by atoms with Crippen LogP contribution in [0.25, 0.3) is 0 Å². The molecule has 1 aliphatic rings. The SMILES string of the molecule is COc1cc2c(cc1OC)CN(C=O)C(c1ccccc1)C2. The molecule has 1 amide bonds. The molecule has 114 valence electrons. The smallest absolute Gasteiger partial charge is 0.210 e. The average molecular weight is 297 g/mol. The number of nitrogens with zero attached hydrogens (tertiary/aromatic N) is 1. The van der Waals surface area contributed by atoms with E-state index in [-0.39, 0.29) is 6.04 Å². The second-order valence-corrected chi connectivity index (χ2v) is 5.38. The van der Waals surface area contributed by atoms with Crippen LogP contribution in [0.1, 0.15) is 22.7 Å². The van der Waals surface area contributed by atoms with Crippen molar-refractivity contribution in [2.45, 2.75) is 19.0 Å². The summed E-state index contributed by atoms with van der Waals surface area (Å²) in [6.45, 7) is 0.582. The quantitative estimate of drug-likeness (QED) is 0.814. The van der Waals surface area contributed by atoms with Crippen molar-refractivity contribution in [2.75, 3.05) is 14.2 Å². The van der Waals surface area contributed by atoms with Gasteiger partial charge in [0.1, 0.15) is 0 Å². The van der Waals surface area contributed by atoms with Gasteiger partial charge in [0.05, 0.1) is 20.3 Å². The van der Waals surface area contributed by atoms with Gasteiger partial charge in [-0.2, -0.15) is 0 Å². The molecule has 2 aromatic rings. The van der Waals surface area contributed by atoms with E-state index in [1.54, 1.807) is 14.2 Å². The van der Waals surface area contributed by atoms with Gasteiger partial charge in [-0.25, -0.2) is 0 Å². The number of fused-ring (bicyclic) bond motifs is 1. The zero-order chi connectivity index (χ0) is 15.5. The molecule has 3 rings (SSSR count). The van der Waals surface area contributed by atoms with Gasteiger partial charge in [0.2, 0.25) is 6.41 Å². The van der Waals surface area contributed by atoms with E-state index in [0.29, 0.717) is 12.3 Å². The summed E-state index contributed by atoms with van der Waals surface area (Å²) >= 11 is 0. The van der Waals surface area contributed by atoms with Crippen molar-refractivity contribution in [3.8, 4) is 11.5 Å². The first-order valence-corrected chi connectivity index (χ1v) is 7.26. The van der Waals surface area contributed by atoms with E-state index in [9.17, 15) is 4.79 Å². The molecule has 0 spiro atoms. The average Bonchev–Trinajstić information content (AvgIpc) is 2.59. The normalized spacial score (nSPS) is 16.8. The first-order chi connectivity index (χ1) is 10.8. The van der Waals surface area contributed by atoms with Gasteiger partial charge in [0.15, 0.2) is 11.5 Å². The molecule has 0 aromatic heterocycles. The summed E-state index contributed by atoms with van der Waals surface area (Å²) in [6.07, 6.45) is 1.70. The first kappa shape index (κ1) is 14.4. The second kappa shape index (κ2) is 6.10. The lowest BCUT2D eigenvalue weighted by Gasteiger charge is -2.35. The zero-order valence-electron chi connectivity index (χ0n) is 12.8. The van der Waals surface area contributed by atoms with Crippen molar-refractivity contribution in [1.82, 2.24) is 4.90 Å². The Bertz CT molecular complexity index is 670. The lowest BCUT2D eigenvalue weighted by molar-refractivity contribution is -0.121. The van der Waals surface area contributed by atoms with Crippen molar-refractivity contribution in [2.24, 2.45) is 0 Å². The van der Waals surface area contributed by atoms with Crippen LogP contribution in [0.3, 0.4) is 0 Å². The third-order valence-corrected chi connectivity index (χ3v) is 4.19. The number of hydrogen-bond donors (Lipinski definition) is 0. The number of carbonyl (C=O) groups excluding carboxylic acids is 1. The third kappa shape index (κ3) is 2.52. The molecule has 4 nitrogen and oxygen atoms in total. The Kier molecular flexibility index (Phi) is 4.00. The van der Waals surface area contributed by atoms with E-state index in [2.05, 4.69) is 12.1 Å². The fourth-order valence-electron chi connectivity index (χ4n) is 3.03. The van der Waals surface area contributed by atoms with E-state index in [0.717, 1.165) is 29.7 Å². The van der Waals surface area contributed by atoms with Crippen LogP contribution < -0.4 is 9.47 Å². The summed E-state index contributed by atoms with van der Waals surface area (Å²) in [6, 6.07) is 14.2. The van der Waals surface area contributed by atoms with E-state index < -0.39 is 0 Å². The molecule has 0 aliphatic carbocycles. The zero-order valence-corrected chi connectivity index (χ0v) is 12.8. The Morgan fingerprint density at radius 1 is 1.05 bits per heavy atom. The number of benzene rings is 2. The van der Waals surface area contributed by atoms with E-state index in [1.165, 1.54) is 5.56 Å². The van der Waals surface area contributed by atoms with Gasteiger partial charge in [-0.15, -0.1) is 0 Å². The highest BCUT2D eigenvalue weighted by Gasteiger charge is 2.27. The molecule has 0 fully saturated rings. The Hall–Kier alpha value is -2.49. The minimum atomic E-state index is 0.0595. The van der Waals surface area contributed by atoms with Gasteiger partial charge >= 0.3 is 0 Å². The molecule has 1 unspecified atom stereocenters. The van der Waals surface area contributed by atoms with Crippen LogP contribution in [0, 0.1) is 0 Å². The predicted octanol–water partition coefficient (Wildman–Crippen LogP) is 2.96. The highest BCUT2D eigenvalue weighted by atomic mass is 16.5. The van der Waals surface area contributed by atoms with E-state index in [1.807, 2.05) is 35.2 Å². The van der Waals surface area contributed by atoms with Gasteiger partial charge in [0.25, 0.3) is 0 Å². The Labute approximate surface area is 130 Å². The Balaban J connectivity index is 2.01. The summed E-state index contributed by atoms with van der Waals surface area (Å²) in [5.41, 5.74) is 3.46. The highest BCUT2D eigenvalue weighted by Crippen LogP contribution is 2.38. The monoisotopic (exact) mass is 297 g/mol. The molecular formula is C18H19NO3. The van der Waals surface area contributed by atoms with Gasteiger partial charge in [0, 0.05) is 6.54 Å². The largest absolute Gasteiger partial charge is 0.493 e. The molecule has 2 aromatic carbocycles. The van der Waals surface area contributed by atoms with Crippen molar-refractivity contribution in [1.29, 1.82) is 0 Å². The minimum Gasteiger partial charge on any atom is -0.493 e. The molecule has 1 aliphatic heterocycles. The fraction of sp³-hybridized carbons (Fsp3) is 0.278. The van der Waals surface area contributed by atoms with Crippen molar-refractivity contribution < 1.29 is 14.3 Å². The number of rotatable bonds is 4. The summed E-state index contributed by atoms with van der Waals surface area (Å²) in [7, 11) is 3.26. The van der Waals surface area contributed by atoms with Crippen LogP contribution in [-0.4, -0.2) is 25.5 Å². The van der Waals surface area contributed by atoms with Crippen molar-refractivity contribution in [3.63, 3.8) is 0 Å². The number of carbonyl (C=O) groups is 1. The lowest BCUT2D eigenvalue weighted by atomic mass is 9.90. The molecular weight excluding hydrogens is 278 g/mol. The van der Waals surface area contributed by atoms with Gasteiger partial charge in [-0.05, 0) is 35.2 Å². The Morgan fingerprint density at radius 2 is 1.68 bits per heavy atom. The van der Waals surface area contributed by atoms with Gasteiger partial charge in [-0.1, -0.05) is 30.3 Å². The van der Waals surface area contributed by atoms with E-state index >= 15 is 0 Å². The summed E-state index contributed by atoms with van der Waals surface area (Å²) in [5, 5.41) is 0. The maximum atomic E-state index is 11.5. The van der Waals surface area contributed by atoms with Crippen LogP contribution >= 0.6 is 0 Å². The maximum Gasteiger partial charge on any atom is 0.210 e. The van der Waals surface area contributed by atoms with E-state index in [4.69, 9.17) is 9.47 Å². The number of ether oxygens (including phenoxy) is 2. The fourth-order valence-corrected chi connectivity index (χ4v) is 3.03. The van der Waals surface area contributed by atoms with Gasteiger partial charge < -0.3 is 14.4 Å². The molecule has 4 heteroatoms. The number of methoxy groups -OCH3 is 2. The number of hydrogen-bond acceptors (Lipinski definition) is 3. The minimum absolute atomic E-state index is 0.0595. The molecule has 0 saturated heterocycles. The lowest BCUT2D eigenvalue weighted by Crippen LogP contribution is -2.33. The van der Waals surface area contributed by atoms with Crippen LogP contribution in [0.5, 0.6) is 11.5 Å². The topological polar surface area (TPSA) is 38.8 Å². The molecule has 1 atom stereocenters. The van der Waals surface area contributed by atoms with Crippen LogP contribution in [0.15, 0.2) is 42.5 Å². The van der Waals surface area contributed by atoms with Crippen LogP contribution in [-0.2, 0) is 17.8 Å². The molecule has 22 heavy (non-hydrogen) atoms. The van der Waals surface area contributed by atoms with Crippen LogP contribution in [0.2, 0.25) is 0 Å². The molecule has 0 bridgehead atoms. The molecule has 0 radical (unpaired) electrons. The van der Waals surface area contributed by atoms with Gasteiger partial charge in [-0.3, -0.25) is 4.79 Å². The Morgan fingerprint density at radius 3 is 2.27 bits per heavy atom. The molecule has 0 N–H and O–H groups in total.